The van der Waals surface area contributed by atoms with E-state index in [1.54, 1.807) is 0 Å². The first-order valence-electron chi connectivity index (χ1n) is 11.0. The van der Waals surface area contributed by atoms with Crippen molar-refractivity contribution < 1.29 is 9.90 Å². The van der Waals surface area contributed by atoms with Crippen LogP contribution in [-0.2, 0) is 24.1 Å². The van der Waals surface area contributed by atoms with Gasteiger partial charge < -0.3 is 10.4 Å². The second-order valence-electron chi connectivity index (χ2n) is 8.61. The van der Waals surface area contributed by atoms with E-state index in [0.717, 1.165) is 65.6 Å². The predicted octanol–water partition coefficient (Wildman–Crippen LogP) is 4.69. The van der Waals surface area contributed by atoms with E-state index in [4.69, 9.17) is 4.98 Å². The Hall–Kier alpha value is -2.72. The molecule has 0 amide bonds. The fraction of sp³-hybridized carbons (Fsp3) is 0.385. The molecule has 0 radical (unpaired) electrons. The monoisotopic (exact) mass is 400 g/mol. The Kier molecular flexibility index (Phi) is 4.62. The van der Waals surface area contributed by atoms with Gasteiger partial charge in [0.25, 0.3) is 0 Å². The van der Waals surface area contributed by atoms with Gasteiger partial charge >= 0.3 is 0 Å². The number of aryl methyl sites for hydroxylation is 2. The van der Waals surface area contributed by atoms with Crippen molar-refractivity contribution in [3.63, 3.8) is 0 Å². The van der Waals surface area contributed by atoms with E-state index in [0.29, 0.717) is 12.8 Å². The Morgan fingerprint density at radius 1 is 1.20 bits per heavy atom. The fourth-order valence-electron chi connectivity index (χ4n) is 5.55. The number of hydrogen-bond acceptors (Lipinski definition) is 4. The van der Waals surface area contributed by atoms with Gasteiger partial charge in [-0.25, -0.2) is 4.98 Å². The lowest BCUT2D eigenvalue weighted by Crippen LogP contribution is -2.29. The second kappa shape index (κ2) is 7.21. The standard InChI is InChI=1S/C26H28N2O2/c1-4-16-18-6-5-7-19-21(27-3)9-10-22(24(18)19)28-25(16)15-12-14(2)17-8-11-23(29)26(30)20(17)13-15/h9-10,13,26-27,30H,2,4-8,11-12H2,1,3H3. The van der Waals surface area contributed by atoms with Crippen molar-refractivity contribution in [3.8, 4) is 0 Å². The van der Waals surface area contributed by atoms with Crippen LogP contribution in [-0.4, -0.2) is 29.0 Å². The first-order chi connectivity index (χ1) is 14.5. The molecule has 1 heterocycles. The molecule has 0 saturated carbocycles. The van der Waals surface area contributed by atoms with Crippen molar-refractivity contribution in [3.05, 3.63) is 63.9 Å². The lowest BCUT2D eigenvalue weighted by Gasteiger charge is -2.30. The van der Waals surface area contributed by atoms with Gasteiger partial charge in [-0.3, -0.25) is 4.79 Å². The zero-order chi connectivity index (χ0) is 21.0. The number of nitrogens with one attached hydrogen (secondary N) is 1. The predicted molar refractivity (Wildman–Crippen MR) is 122 cm³/mol. The van der Waals surface area contributed by atoms with Crippen LogP contribution < -0.4 is 5.32 Å². The van der Waals surface area contributed by atoms with Crippen LogP contribution in [0.5, 0.6) is 0 Å². The zero-order valence-corrected chi connectivity index (χ0v) is 17.8. The Bertz CT molecular complexity index is 1170. The molecular weight excluding hydrogens is 372 g/mol. The van der Waals surface area contributed by atoms with Crippen LogP contribution in [0.1, 0.15) is 55.0 Å². The molecule has 154 valence electrons. The smallest absolute Gasteiger partial charge is 0.166 e. The number of carbonyl (C=O) groups excluding carboxylic acids is 1. The molecule has 1 aromatic carbocycles. The number of nitrogens with zero attached hydrogens (tertiary/aromatic N) is 1. The number of aromatic nitrogens is 1. The van der Waals surface area contributed by atoms with Gasteiger partial charge in [-0.05, 0) is 95.7 Å². The number of rotatable bonds is 3. The number of pyridine rings is 1. The van der Waals surface area contributed by atoms with Gasteiger partial charge in [0.05, 0.1) is 11.2 Å². The van der Waals surface area contributed by atoms with Gasteiger partial charge in [-0.1, -0.05) is 13.5 Å². The minimum Gasteiger partial charge on any atom is -0.388 e. The summed E-state index contributed by atoms with van der Waals surface area (Å²) in [7, 11) is 1.98. The second-order valence-corrected chi connectivity index (χ2v) is 8.61. The summed E-state index contributed by atoms with van der Waals surface area (Å²) in [5.41, 5.74) is 11.2. The largest absolute Gasteiger partial charge is 0.388 e. The number of Topliss-reactive ketones (excluding diaryl/α,β-unsaturated/α-hetero) is 1. The summed E-state index contributed by atoms with van der Waals surface area (Å²) >= 11 is 0. The van der Waals surface area contributed by atoms with Crippen molar-refractivity contribution in [1.29, 1.82) is 0 Å². The number of carbonyl (C=O) groups is 1. The molecule has 0 spiro atoms. The highest BCUT2D eigenvalue weighted by Gasteiger charge is 2.32. The van der Waals surface area contributed by atoms with Crippen LogP contribution in [0.25, 0.3) is 16.5 Å². The molecule has 3 aliphatic rings. The highest BCUT2D eigenvalue weighted by atomic mass is 16.3. The molecule has 1 aromatic heterocycles. The SMILES string of the molecule is C=C1CC(c2nc3ccc(NC)c4c3c(c2CC)CCC4)=CC2=C1CCC(=O)C2O. The highest BCUT2D eigenvalue weighted by Crippen LogP contribution is 2.43. The molecule has 0 fully saturated rings. The molecule has 4 heteroatoms. The van der Waals surface area contributed by atoms with E-state index in [1.165, 1.54) is 27.8 Å². The number of hydrogen-bond donors (Lipinski definition) is 2. The number of aliphatic hydroxyl groups excluding tert-OH is 1. The van der Waals surface area contributed by atoms with Crippen molar-refractivity contribution in [2.24, 2.45) is 0 Å². The third kappa shape index (κ3) is 2.78. The molecule has 2 N–H and O–H groups in total. The third-order valence-corrected chi connectivity index (χ3v) is 6.99. The van der Waals surface area contributed by atoms with Crippen LogP contribution in [0.2, 0.25) is 0 Å². The van der Waals surface area contributed by atoms with Crippen LogP contribution in [0.4, 0.5) is 5.69 Å². The normalized spacial score (nSPS) is 21.0. The molecule has 30 heavy (non-hydrogen) atoms. The van der Waals surface area contributed by atoms with Crippen LogP contribution in [0.3, 0.4) is 0 Å². The van der Waals surface area contributed by atoms with E-state index in [9.17, 15) is 9.90 Å². The summed E-state index contributed by atoms with van der Waals surface area (Å²) in [6.07, 6.45) is 7.00. The summed E-state index contributed by atoms with van der Waals surface area (Å²) in [4.78, 5) is 17.3. The Labute approximate surface area is 177 Å². The van der Waals surface area contributed by atoms with Crippen LogP contribution in [0.15, 0.2) is 41.5 Å². The maximum Gasteiger partial charge on any atom is 0.166 e. The average molecular weight is 401 g/mol. The first-order valence-corrected chi connectivity index (χ1v) is 11.0. The van der Waals surface area contributed by atoms with Gasteiger partial charge in [0, 0.05) is 24.5 Å². The van der Waals surface area contributed by atoms with Crippen molar-refractivity contribution in [1.82, 2.24) is 4.98 Å². The summed E-state index contributed by atoms with van der Waals surface area (Å²) in [6, 6.07) is 4.25. The molecule has 2 aromatic rings. The van der Waals surface area contributed by atoms with Crippen LogP contribution >= 0.6 is 0 Å². The molecule has 1 unspecified atom stereocenters. The number of allylic oxidation sites excluding steroid dienone is 3. The summed E-state index contributed by atoms with van der Waals surface area (Å²) in [6.45, 7) is 6.48. The summed E-state index contributed by atoms with van der Waals surface area (Å²) in [5.74, 6) is -0.0967. The number of aliphatic hydroxyl groups is 1. The van der Waals surface area contributed by atoms with Crippen LogP contribution in [0, 0.1) is 0 Å². The van der Waals surface area contributed by atoms with E-state index in [1.807, 2.05) is 13.1 Å². The van der Waals surface area contributed by atoms with Gasteiger partial charge in [0.2, 0.25) is 0 Å². The maximum atomic E-state index is 12.1. The number of anilines is 1. The van der Waals surface area contributed by atoms with E-state index < -0.39 is 6.10 Å². The number of ketones is 1. The van der Waals surface area contributed by atoms with Gasteiger partial charge in [0.15, 0.2) is 5.78 Å². The molecule has 0 aliphatic heterocycles. The molecule has 1 atom stereocenters. The van der Waals surface area contributed by atoms with E-state index >= 15 is 0 Å². The lowest BCUT2D eigenvalue weighted by atomic mass is 9.76. The minimum absolute atomic E-state index is 0.0967. The lowest BCUT2D eigenvalue weighted by molar-refractivity contribution is -0.125. The zero-order valence-electron chi connectivity index (χ0n) is 17.8. The Balaban J connectivity index is 1.74. The van der Waals surface area contributed by atoms with Crippen molar-refractivity contribution >= 4 is 27.9 Å². The van der Waals surface area contributed by atoms with Gasteiger partial charge in [0.1, 0.15) is 6.10 Å². The maximum absolute atomic E-state index is 12.1. The molecular formula is C26H28N2O2. The third-order valence-electron chi connectivity index (χ3n) is 6.99. The van der Waals surface area contributed by atoms with E-state index in [-0.39, 0.29) is 5.78 Å². The minimum atomic E-state index is -1.03. The molecule has 5 rings (SSSR count). The number of benzene rings is 1. The summed E-state index contributed by atoms with van der Waals surface area (Å²) in [5, 5.41) is 15.2. The van der Waals surface area contributed by atoms with Gasteiger partial charge in [-0.15, -0.1) is 0 Å². The Morgan fingerprint density at radius 2 is 2.00 bits per heavy atom. The van der Waals surface area contributed by atoms with Crippen molar-refractivity contribution in [2.75, 3.05) is 12.4 Å². The average Bonchev–Trinajstić information content (AvgIpc) is 2.76. The molecule has 0 saturated heterocycles. The van der Waals surface area contributed by atoms with Gasteiger partial charge in [-0.2, -0.15) is 0 Å². The molecule has 3 aliphatic carbocycles. The topological polar surface area (TPSA) is 62.2 Å². The molecule has 0 bridgehead atoms. The summed E-state index contributed by atoms with van der Waals surface area (Å²) < 4.78 is 0. The van der Waals surface area contributed by atoms with E-state index in [2.05, 4.69) is 31.0 Å². The molecule has 4 nitrogen and oxygen atoms in total. The Morgan fingerprint density at radius 3 is 2.77 bits per heavy atom. The highest BCUT2D eigenvalue weighted by molar-refractivity contribution is 5.95. The first kappa shape index (κ1) is 19.3. The van der Waals surface area contributed by atoms with Crippen molar-refractivity contribution in [2.45, 2.75) is 58.0 Å². The fourth-order valence-corrected chi connectivity index (χ4v) is 5.55. The quantitative estimate of drug-likeness (QED) is 0.785.